The summed E-state index contributed by atoms with van der Waals surface area (Å²) >= 11 is 4.52. The lowest BCUT2D eigenvalue weighted by Gasteiger charge is -2.00. The zero-order chi connectivity index (χ0) is 8.27. The maximum Gasteiger partial charge on any atom is 0.218 e. The molecule has 0 fully saturated rings. The molecule has 2 N–H and O–H groups in total. The largest absolute Gasteiger partial charge is 0.370 e. The summed E-state index contributed by atoms with van der Waals surface area (Å²) in [6.45, 7) is 0. The number of aromatic nitrogens is 2. The Kier molecular flexibility index (Phi) is 2.95. The first kappa shape index (κ1) is 8.61. The standard InChI is InChI=1S/C5H6BrN3OS/c6-3(1-5(7)10)4-2-11-9-8-4/h2-3H,1H2,(H2,7,10). The number of primary amides is 1. The number of carbonyl (C=O) groups is 1. The molecule has 1 aromatic rings. The summed E-state index contributed by atoms with van der Waals surface area (Å²) < 4.78 is 3.66. The quantitative estimate of drug-likeness (QED) is 0.791. The van der Waals surface area contributed by atoms with E-state index in [4.69, 9.17) is 5.73 Å². The van der Waals surface area contributed by atoms with E-state index in [2.05, 4.69) is 25.5 Å². The molecule has 0 bridgehead atoms. The van der Waals surface area contributed by atoms with Gasteiger partial charge < -0.3 is 5.73 Å². The summed E-state index contributed by atoms with van der Waals surface area (Å²) in [5, 5.41) is 5.56. The second-order valence-electron chi connectivity index (χ2n) is 1.97. The van der Waals surface area contributed by atoms with Crippen LogP contribution in [-0.4, -0.2) is 15.5 Å². The van der Waals surface area contributed by atoms with E-state index in [1.165, 1.54) is 11.5 Å². The first-order valence-corrected chi connectivity index (χ1v) is 4.64. The molecule has 0 aliphatic heterocycles. The van der Waals surface area contributed by atoms with E-state index in [0.29, 0.717) is 0 Å². The van der Waals surface area contributed by atoms with E-state index in [1.54, 1.807) is 5.38 Å². The van der Waals surface area contributed by atoms with Gasteiger partial charge >= 0.3 is 0 Å². The Balaban J connectivity index is 2.56. The molecule has 1 rings (SSSR count). The Bertz CT molecular complexity index is 238. The molecule has 1 aromatic heterocycles. The normalized spacial score (nSPS) is 12.8. The number of nitrogens with two attached hydrogens (primary N) is 1. The minimum Gasteiger partial charge on any atom is -0.370 e. The lowest BCUT2D eigenvalue weighted by Crippen LogP contribution is -2.12. The minimum absolute atomic E-state index is 0.0984. The number of alkyl halides is 1. The second-order valence-corrected chi connectivity index (χ2v) is 3.68. The summed E-state index contributed by atoms with van der Waals surface area (Å²) in [5.74, 6) is -0.347. The van der Waals surface area contributed by atoms with Crippen molar-refractivity contribution in [2.24, 2.45) is 5.73 Å². The maximum absolute atomic E-state index is 10.5. The van der Waals surface area contributed by atoms with Crippen LogP contribution >= 0.6 is 27.5 Å². The number of carbonyl (C=O) groups excluding carboxylic acids is 1. The van der Waals surface area contributed by atoms with Gasteiger partial charge in [0.1, 0.15) is 0 Å². The molecular weight excluding hydrogens is 230 g/mol. The molecule has 1 amide bonds. The van der Waals surface area contributed by atoms with E-state index in [-0.39, 0.29) is 17.2 Å². The Morgan fingerprint density at radius 2 is 2.64 bits per heavy atom. The van der Waals surface area contributed by atoms with Crippen LogP contribution in [0.4, 0.5) is 0 Å². The number of hydrogen-bond acceptors (Lipinski definition) is 4. The van der Waals surface area contributed by atoms with Crippen LogP contribution in [0.15, 0.2) is 5.38 Å². The number of nitrogens with zero attached hydrogens (tertiary/aromatic N) is 2. The van der Waals surface area contributed by atoms with E-state index in [0.717, 1.165) is 5.69 Å². The van der Waals surface area contributed by atoms with Gasteiger partial charge in [-0.2, -0.15) is 0 Å². The van der Waals surface area contributed by atoms with Crippen LogP contribution < -0.4 is 5.73 Å². The van der Waals surface area contributed by atoms with Crippen LogP contribution in [-0.2, 0) is 4.79 Å². The van der Waals surface area contributed by atoms with Crippen LogP contribution in [0.25, 0.3) is 0 Å². The summed E-state index contributed by atoms with van der Waals surface area (Å²) in [5.41, 5.74) is 5.74. The Labute approximate surface area is 76.1 Å². The summed E-state index contributed by atoms with van der Waals surface area (Å²) in [7, 11) is 0. The molecule has 1 unspecified atom stereocenters. The van der Waals surface area contributed by atoms with E-state index in [9.17, 15) is 4.79 Å². The minimum atomic E-state index is -0.347. The Hall–Kier alpha value is -0.490. The highest BCUT2D eigenvalue weighted by atomic mass is 79.9. The van der Waals surface area contributed by atoms with Crippen molar-refractivity contribution >= 4 is 33.4 Å². The highest BCUT2D eigenvalue weighted by Crippen LogP contribution is 2.24. The molecule has 4 nitrogen and oxygen atoms in total. The molecular formula is C5H6BrN3OS. The zero-order valence-electron chi connectivity index (χ0n) is 5.53. The van der Waals surface area contributed by atoms with Gasteiger partial charge in [-0.15, -0.1) is 5.10 Å². The van der Waals surface area contributed by atoms with Crippen molar-refractivity contribution in [3.05, 3.63) is 11.1 Å². The lowest BCUT2D eigenvalue weighted by atomic mass is 10.2. The van der Waals surface area contributed by atoms with Crippen molar-refractivity contribution in [2.75, 3.05) is 0 Å². The number of hydrogen-bond donors (Lipinski definition) is 1. The molecule has 0 spiro atoms. The summed E-state index contributed by atoms with van der Waals surface area (Å²) in [6.07, 6.45) is 0.255. The average molecular weight is 236 g/mol. The zero-order valence-corrected chi connectivity index (χ0v) is 7.93. The molecule has 0 aliphatic rings. The van der Waals surface area contributed by atoms with Gasteiger partial charge in [0.05, 0.1) is 10.5 Å². The molecule has 0 saturated heterocycles. The molecule has 0 aliphatic carbocycles. The van der Waals surface area contributed by atoms with Gasteiger partial charge in [-0.05, 0) is 11.5 Å². The maximum atomic E-state index is 10.5. The van der Waals surface area contributed by atoms with Crippen LogP contribution in [0, 0.1) is 0 Å². The molecule has 1 atom stereocenters. The molecule has 1 heterocycles. The smallest absolute Gasteiger partial charge is 0.218 e. The van der Waals surface area contributed by atoms with Gasteiger partial charge in [0, 0.05) is 11.8 Å². The highest BCUT2D eigenvalue weighted by Gasteiger charge is 2.12. The molecule has 6 heteroatoms. The Morgan fingerprint density at radius 3 is 3.09 bits per heavy atom. The first-order valence-electron chi connectivity index (χ1n) is 2.89. The van der Waals surface area contributed by atoms with Crippen molar-refractivity contribution in [3.8, 4) is 0 Å². The second kappa shape index (κ2) is 3.77. The molecule has 0 saturated carbocycles. The number of rotatable bonds is 3. The van der Waals surface area contributed by atoms with Crippen LogP contribution in [0.3, 0.4) is 0 Å². The third-order valence-corrected chi connectivity index (χ3v) is 2.39. The lowest BCUT2D eigenvalue weighted by molar-refractivity contribution is -0.118. The monoisotopic (exact) mass is 235 g/mol. The highest BCUT2D eigenvalue weighted by molar-refractivity contribution is 9.09. The van der Waals surface area contributed by atoms with Crippen molar-refractivity contribution in [1.82, 2.24) is 9.59 Å². The van der Waals surface area contributed by atoms with E-state index >= 15 is 0 Å². The van der Waals surface area contributed by atoms with Gasteiger partial charge in [0.2, 0.25) is 5.91 Å². The molecule has 60 valence electrons. The number of halogens is 1. The van der Waals surface area contributed by atoms with Crippen molar-refractivity contribution in [2.45, 2.75) is 11.2 Å². The molecule has 0 aromatic carbocycles. The van der Waals surface area contributed by atoms with Crippen molar-refractivity contribution in [3.63, 3.8) is 0 Å². The summed E-state index contributed by atoms with van der Waals surface area (Å²) in [6, 6.07) is 0. The van der Waals surface area contributed by atoms with Gasteiger partial charge in [-0.25, -0.2) is 0 Å². The average Bonchev–Trinajstić information content (AvgIpc) is 2.35. The first-order chi connectivity index (χ1) is 5.20. The SMILES string of the molecule is NC(=O)CC(Br)c1csnn1. The fourth-order valence-corrected chi connectivity index (χ4v) is 1.82. The third-order valence-electron chi connectivity index (χ3n) is 1.08. The van der Waals surface area contributed by atoms with Crippen molar-refractivity contribution in [1.29, 1.82) is 0 Å². The molecule has 0 radical (unpaired) electrons. The third kappa shape index (κ3) is 2.55. The van der Waals surface area contributed by atoms with Gasteiger partial charge in [0.25, 0.3) is 0 Å². The van der Waals surface area contributed by atoms with Gasteiger partial charge in [-0.1, -0.05) is 20.4 Å². The molecule has 11 heavy (non-hydrogen) atoms. The van der Waals surface area contributed by atoms with Crippen LogP contribution in [0.2, 0.25) is 0 Å². The van der Waals surface area contributed by atoms with Gasteiger partial charge in [0.15, 0.2) is 0 Å². The van der Waals surface area contributed by atoms with E-state index < -0.39 is 0 Å². The topological polar surface area (TPSA) is 68.9 Å². The predicted octanol–water partition coefficient (Wildman–Crippen LogP) is 0.849. The summed E-state index contributed by atoms with van der Waals surface area (Å²) in [4.78, 5) is 10.4. The van der Waals surface area contributed by atoms with Gasteiger partial charge in [-0.3, -0.25) is 4.79 Å². The van der Waals surface area contributed by atoms with Crippen LogP contribution in [0.1, 0.15) is 16.9 Å². The van der Waals surface area contributed by atoms with Crippen LogP contribution in [0.5, 0.6) is 0 Å². The predicted molar refractivity (Wildman–Crippen MR) is 45.4 cm³/mol. The Morgan fingerprint density at radius 1 is 1.91 bits per heavy atom. The number of amides is 1. The van der Waals surface area contributed by atoms with E-state index in [1.807, 2.05) is 0 Å². The van der Waals surface area contributed by atoms with Crippen molar-refractivity contribution < 1.29 is 4.79 Å². The fraction of sp³-hybridized carbons (Fsp3) is 0.400. The fourth-order valence-electron chi connectivity index (χ4n) is 0.590.